The molecule has 0 aromatic heterocycles. The Morgan fingerprint density at radius 3 is 2.56 bits per heavy atom. The molecule has 90 valence electrons. The van der Waals surface area contributed by atoms with Crippen molar-refractivity contribution in [1.82, 2.24) is 0 Å². The van der Waals surface area contributed by atoms with E-state index in [1.54, 1.807) is 4.90 Å². The van der Waals surface area contributed by atoms with Crippen LogP contribution in [-0.4, -0.2) is 12.5 Å². The molecule has 3 nitrogen and oxygen atoms in total. The van der Waals surface area contributed by atoms with Gasteiger partial charge in [0.25, 0.3) is 5.91 Å². The Hall–Kier alpha value is -1.81. The average molecular weight is 303 g/mol. The van der Waals surface area contributed by atoms with Crippen LogP contribution in [0.1, 0.15) is 0 Å². The molecule has 18 heavy (non-hydrogen) atoms. The molecule has 1 N–H and O–H groups in total. The molecule has 0 bridgehead atoms. The second-order valence-electron chi connectivity index (χ2n) is 4.08. The number of carbonyl (C=O) groups excluding carboxylic acids is 1. The molecule has 2 aromatic carbocycles. The Bertz CT molecular complexity index is 595. The predicted molar refractivity (Wildman–Crippen MR) is 76.2 cm³/mol. The van der Waals surface area contributed by atoms with Gasteiger partial charge in [0.15, 0.2) is 0 Å². The maximum absolute atomic E-state index is 12.1. The summed E-state index contributed by atoms with van der Waals surface area (Å²) in [6.45, 7) is 0.326. The number of fused-ring (bicyclic) bond motifs is 1. The van der Waals surface area contributed by atoms with Crippen molar-refractivity contribution < 1.29 is 4.79 Å². The second-order valence-corrected chi connectivity index (χ2v) is 4.99. The maximum Gasteiger partial charge on any atom is 0.250 e. The molecule has 4 heteroatoms. The number of hydrogen-bond acceptors (Lipinski definition) is 2. The smallest absolute Gasteiger partial charge is 0.250 e. The SMILES string of the molecule is O=C1CNc2ccccc2N1c1ccc(Br)cc1. The van der Waals surface area contributed by atoms with Crippen molar-refractivity contribution in [2.45, 2.75) is 0 Å². The first-order valence-corrected chi connectivity index (χ1v) is 6.46. The van der Waals surface area contributed by atoms with Crippen LogP contribution in [0.4, 0.5) is 17.1 Å². The number of nitrogens with zero attached hydrogens (tertiary/aromatic N) is 1. The Balaban J connectivity index is 2.10. The van der Waals surface area contributed by atoms with E-state index in [2.05, 4.69) is 21.2 Å². The van der Waals surface area contributed by atoms with Crippen LogP contribution in [0.25, 0.3) is 0 Å². The van der Waals surface area contributed by atoms with E-state index in [-0.39, 0.29) is 5.91 Å². The summed E-state index contributed by atoms with van der Waals surface area (Å²) in [6.07, 6.45) is 0. The van der Waals surface area contributed by atoms with E-state index in [0.717, 1.165) is 21.5 Å². The number of amides is 1. The summed E-state index contributed by atoms with van der Waals surface area (Å²) in [5, 5.41) is 3.12. The Morgan fingerprint density at radius 1 is 1.06 bits per heavy atom. The third kappa shape index (κ3) is 1.88. The van der Waals surface area contributed by atoms with Gasteiger partial charge < -0.3 is 5.32 Å². The van der Waals surface area contributed by atoms with Gasteiger partial charge in [0.05, 0.1) is 17.9 Å². The van der Waals surface area contributed by atoms with E-state index in [1.807, 2.05) is 48.5 Å². The molecule has 3 rings (SSSR count). The molecule has 1 heterocycles. The normalized spacial score (nSPS) is 14.1. The van der Waals surface area contributed by atoms with Crippen LogP contribution in [0.2, 0.25) is 0 Å². The highest BCUT2D eigenvalue weighted by Crippen LogP contribution is 2.35. The van der Waals surface area contributed by atoms with E-state index in [9.17, 15) is 4.79 Å². The van der Waals surface area contributed by atoms with Crippen molar-refractivity contribution in [1.29, 1.82) is 0 Å². The number of hydrogen-bond donors (Lipinski definition) is 1. The van der Waals surface area contributed by atoms with Gasteiger partial charge in [0.2, 0.25) is 0 Å². The summed E-state index contributed by atoms with van der Waals surface area (Å²) in [4.78, 5) is 13.8. The third-order valence-electron chi connectivity index (χ3n) is 2.91. The molecule has 0 aliphatic carbocycles. The zero-order valence-electron chi connectivity index (χ0n) is 9.56. The highest BCUT2D eigenvalue weighted by Gasteiger charge is 2.24. The molecule has 0 saturated heterocycles. The predicted octanol–water partition coefficient (Wildman–Crippen LogP) is 3.54. The lowest BCUT2D eigenvalue weighted by molar-refractivity contribution is -0.116. The number of anilines is 3. The summed E-state index contributed by atoms with van der Waals surface area (Å²) < 4.78 is 1.00. The van der Waals surface area contributed by atoms with Gasteiger partial charge in [-0.25, -0.2) is 0 Å². The highest BCUT2D eigenvalue weighted by molar-refractivity contribution is 9.10. The van der Waals surface area contributed by atoms with Gasteiger partial charge >= 0.3 is 0 Å². The topological polar surface area (TPSA) is 32.3 Å². The first kappa shape index (κ1) is 11.3. The van der Waals surface area contributed by atoms with Crippen molar-refractivity contribution in [3.8, 4) is 0 Å². The number of rotatable bonds is 1. The molecule has 0 unspecified atom stereocenters. The lowest BCUT2D eigenvalue weighted by atomic mass is 10.1. The Morgan fingerprint density at radius 2 is 1.78 bits per heavy atom. The average Bonchev–Trinajstić information content (AvgIpc) is 2.40. The summed E-state index contributed by atoms with van der Waals surface area (Å²) in [6, 6.07) is 15.6. The minimum atomic E-state index is 0.0519. The van der Waals surface area contributed by atoms with Crippen LogP contribution < -0.4 is 10.2 Å². The van der Waals surface area contributed by atoms with Gasteiger partial charge in [-0.15, -0.1) is 0 Å². The van der Waals surface area contributed by atoms with Gasteiger partial charge in [-0.05, 0) is 36.4 Å². The van der Waals surface area contributed by atoms with Crippen molar-refractivity contribution in [3.63, 3.8) is 0 Å². The van der Waals surface area contributed by atoms with Gasteiger partial charge in [0, 0.05) is 10.2 Å². The first-order chi connectivity index (χ1) is 8.75. The van der Waals surface area contributed by atoms with E-state index in [0.29, 0.717) is 6.54 Å². The molecular weight excluding hydrogens is 292 g/mol. The zero-order valence-corrected chi connectivity index (χ0v) is 11.1. The largest absolute Gasteiger partial charge is 0.374 e. The first-order valence-electron chi connectivity index (χ1n) is 5.67. The molecule has 2 aromatic rings. The molecule has 0 saturated carbocycles. The quantitative estimate of drug-likeness (QED) is 0.874. The summed E-state index contributed by atoms with van der Waals surface area (Å²) >= 11 is 3.40. The monoisotopic (exact) mass is 302 g/mol. The molecule has 0 radical (unpaired) electrons. The van der Waals surface area contributed by atoms with E-state index >= 15 is 0 Å². The van der Waals surface area contributed by atoms with Crippen LogP contribution in [0.3, 0.4) is 0 Å². The number of carbonyl (C=O) groups is 1. The second kappa shape index (κ2) is 4.46. The van der Waals surface area contributed by atoms with Crippen LogP contribution in [0.5, 0.6) is 0 Å². The molecule has 1 aliphatic rings. The van der Waals surface area contributed by atoms with E-state index in [4.69, 9.17) is 0 Å². The highest BCUT2D eigenvalue weighted by atomic mass is 79.9. The summed E-state index contributed by atoms with van der Waals surface area (Å²) in [5.74, 6) is 0.0519. The van der Waals surface area contributed by atoms with E-state index < -0.39 is 0 Å². The van der Waals surface area contributed by atoms with Crippen molar-refractivity contribution >= 4 is 38.9 Å². The number of halogens is 1. The van der Waals surface area contributed by atoms with Gasteiger partial charge in [-0.1, -0.05) is 28.1 Å². The fraction of sp³-hybridized carbons (Fsp3) is 0.0714. The van der Waals surface area contributed by atoms with Crippen LogP contribution in [-0.2, 0) is 4.79 Å². The zero-order chi connectivity index (χ0) is 12.5. The number of nitrogens with one attached hydrogen (secondary N) is 1. The van der Waals surface area contributed by atoms with Crippen LogP contribution in [0.15, 0.2) is 53.0 Å². The maximum atomic E-state index is 12.1. The van der Waals surface area contributed by atoms with Gasteiger partial charge in [-0.2, -0.15) is 0 Å². The minimum absolute atomic E-state index is 0.0519. The van der Waals surface area contributed by atoms with Gasteiger partial charge in [-0.3, -0.25) is 9.69 Å². The van der Waals surface area contributed by atoms with Crippen molar-refractivity contribution in [2.24, 2.45) is 0 Å². The lowest BCUT2D eigenvalue weighted by Gasteiger charge is -2.30. The molecule has 1 amide bonds. The Kier molecular flexibility index (Phi) is 2.80. The lowest BCUT2D eigenvalue weighted by Crippen LogP contribution is -2.36. The van der Waals surface area contributed by atoms with Gasteiger partial charge in [0.1, 0.15) is 0 Å². The summed E-state index contributed by atoms with van der Waals surface area (Å²) in [7, 11) is 0. The number of para-hydroxylation sites is 2. The van der Waals surface area contributed by atoms with E-state index in [1.165, 1.54) is 0 Å². The summed E-state index contributed by atoms with van der Waals surface area (Å²) in [5.41, 5.74) is 2.77. The molecule has 0 spiro atoms. The molecule has 0 fully saturated rings. The van der Waals surface area contributed by atoms with Crippen molar-refractivity contribution in [2.75, 3.05) is 16.8 Å². The standard InChI is InChI=1S/C14H11BrN2O/c15-10-5-7-11(8-6-10)17-13-4-2-1-3-12(13)16-9-14(17)18/h1-8,16H,9H2. The van der Waals surface area contributed by atoms with Crippen LogP contribution in [0, 0.1) is 0 Å². The Labute approximate surface area is 114 Å². The molecule has 0 atom stereocenters. The molecular formula is C14H11BrN2O. The third-order valence-corrected chi connectivity index (χ3v) is 3.44. The molecule has 1 aliphatic heterocycles. The fourth-order valence-corrected chi connectivity index (χ4v) is 2.34. The van der Waals surface area contributed by atoms with Crippen molar-refractivity contribution in [3.05, 3.63) is 53.0 Å². The van der Waals surface area contributed by atoms with Crippen LogP contribution >= 0.6 is 15.9 Å². The number of benzene rings is 2. The fourth-order valence-electron chi connectivity index (χ4n) is 2.08. The minimum Gasteiger partial charge on any atom is -0.374 e.